The summed E-state index contributed by atoms with van der Waals surface area (Å²) in [6, 6.07) is 23.3. The summed E-state index contributed by atoms with van der Waals surface area (Å²) in [5, 5.41) is 11.9. The summed E-state index contributed by atoms with van der Waals surface area (Å²) in [6.45, 7) is 6.38. The molecule has 0 aliphatic heterocycles. The van der Waals surface area contributed by atoms with Gasteiger partial charge in [0.2, 0.25) is 0 Å². The first-order valence-electron chi connectivity index (χ1n) is 14.0. The van der Waals surface area contributed by atoms with Gasteiger partial charge in [0.05, 0.1) is 5.69 Å². The standard InChI is InChI=1S/C24H26N.C11H8FNO.Ir/c1-16-13-17(2)15-20(14-16)24-23-10-9-21(19-7-5-4-6-8-19)18(3)22(23)11-12-25-24;12-8-4-5-11(14)9(7-8)10-3-1-2-6-13-10;/h9-14,19H,4-8H2,1-3H3;1-7,14H;/q-1;;/i19D;;. The average Bonchev–Trinajstić information content (AvgIpc) is 2.95. The van der Waals surface area contributed by atoms with Gasteiger partial charge in [0, 0.05) is 39.4 Å². The van der Waals surface area contributed by atoms with Crippen LogP contribution in [-0.2, 0) is 20.1 Å². The minimum Gasteiger partial charge on any atom is -0.507 e. The van der Waals surface area contributed by atoms with Crippen LogP contribution in [-0.4, -0.2) is 15.1 Å². The van der Waals surface area contributed by atoms with Crippen LogP contribution < -0.4 is 0 Å². The van der Waals surface area contributed by atoms with Gasteiger partial charge < -0.3 is 10.1 Å². The zero-order valence-electron chi connectivity index (χ0n) is 24.1. The molecule has 1 aliphatic carbocycles. The van der Waals surface area contributed by atoms with Gasteiger partial charge in [0.1, 0.15) is 11.6 Å². The fourth-order valence-electron chi connectivity index (χ4n) is 5.51. The molecule has 1 fully saturated rings. The third kappa shape index (κ3) is 6.66. The average molecular weight is 711 g/mol. The summed E-state index contributed by atoms with van der Waals surface area (Å²) >= 11 is 0. The third-order valence-electron chi connectivity index (χ3n) is 7.36. The molecule has 0 bridgehead atoms. The molecule has 1 N–H and O–H groups in total. The first-order valence-corrected chi connectivity index (χ1v) is 13.5. The molecule has 6 rings (SSSR count). The Labute approximate surface area is 251 Å². The second-order valence-electron chi connectivity index (χ2n) is 10.3. The molecular formula is C35H34FIrN2O-. The van der Waals surface area contributed by atoms with E-state index in [9.17, 15) is 9.50 Å². The van der Waals surface area contributed by atoms with E-state index < -0.39 is 5.89 Å². The van der Waals surface area contributed by atoms with E-state index in [4.69, 9.17) is 1.37 Å². The Balaban J connectivity index is 0.000000219. The van der Waals surface area contributed by atoms with Gasteiger partial charge in [-0.1, -0.05) is 51.3 Å². The maximum absolute atomic E-state index is 12.9. The number of fused-ring (bicyclic) bond motifs is 1. The van der Waals surface area contributed by atoms with Gasteiger partial charge >= 0.3 is 0 Å². The van der Waals surface area contributed by atoms with Crippen molar-refractivity contribution in [1.29, 1.82) is 0 Å². The molecule has 0 spiro atoms. The number of halogens is 1. The molecule has 0 saturated heterocycles. The van der Waals surface area contributed by atoms with Crippen LogP contribution in [0.4, 0.5) is 4.39 Å². The van der Waals surface area contributed by atoms with Crippen LogP contribution in [0.25, 0.3) is 33.3 Å². The molecule has 1 saturated carbocycles. The number of aryl methyl sites for hydroxylation is 3. The Bertz CT molecular complexity index is 1630. The number of nitrogens with zero attached hydrogens (tertiary/aromatic N) is 2. The molecule has 5 heteroatoms. The van der Waals surface area contributed by atoms with Gasteiger partial charge in [0.25, 0.3) is 0 Å². The number of benzene rings is 3. The first kappa shape index (κ1) is 28.1. The van der Waals surface area contributed by atoms with Crippen LogP contribution in [0.3, 0.4) is 0 Å². The number of hydrogen-bond donors (Lipinski definition) is 1. The fraction of sp³-hybridized carbons (Fsp3) is 0.257. The molecule has 0 atom stereocenters. The van der Waals surface area contributed by atoms with Crippen molar-refractivity contribution in [2.75, 3.05) is 0 Å². The van der Waals surface area contributed by atoms with Gasteiger partial charge in [-0.3, -0.25) is 4.98 Å². The summed E-state index contributed by atoms with van der Waals surface area (Å²) in [7, 11) is 0. The van der Waals surface area contributed by atoms with Crippen molar-refractivity contribution in [3.8, 4) is 28.3 Å². The predicted octanol–water partition coefficient (Wildman–Crippen LogP) is 9.27. The second kappa shape index (κ2) is 13.3. The van der Waals surface area contributed by atoms with E-state index in [1.54, 1.807) is 24.4 Å². The summed E-state index contributed by atoms with van der Waals surface area (Å²) in [5.74, 6) is -0.778. The summed E-state index contributed by atoms with van der Waals surface area (Å²) < 4.78 is 21.9. The molecule has 0 unspecified atom stereocenters. The Morgan fingerprint density at radius 1 is 0.875 bits per heavy atom. The number of phenolic OH excluding ortho intramolecular Hbond substituents is 1. The smallest absolute Gasteiger partial charge is 0.125 e. The number of rotatable bonds is 3. The Morgan fingerprint density at radius 2 is 1.68 bits per heavy atom. The van der Waals surface area contributed by atoms with Crippen molar-refractivity contribution in [2.24, 2.45) is 0 Å². The quantitative estimate of drug-likeness (QED) is 0.190. The van der Waals surface area contributed by atoms with Crippen LogP contribution in [0.5, 0.6) is 5.75 Å². The van der Waals surface area contributed by atoms with Gasteiger partial charge in [-0.05, 0) is 89.7 Å². The molecule has 1 radical (unpaired) electrons. The van der Waals surface area contributed by atoms with Gasteiger partial charge in [-0.25, -0.2) is 4.39 Å². The number of phenols is 1. The van der Waals surface area contributed by atoms with Crippen LogP contribution in [0.2, 0.25) is 0 Å². The summed E-state index contributed by atoms with van der Waals surface area (Å²) in [5.41, 5.74) is 7.83. The molecule has 40 heavy (non-hydrogen) atoms. The van der Waals surface area contributed by atoms with E-state index in [2.05, 4.69) is 67.1 Å². The van der Waals surface area contributed by atoms with E-state index in [1.165, 1.54) is 59.5 Å². The zero-order valence-corrected chi connectivity index (χ0v) is 25.5. The molecule has 2 heterocycles. The fourth-order valence-corrected chi connectivity index (χ4v) is 5.51. The van der Waals surface area contributed by atoms with Crippen molar-refractivity contribution in [3.63, 3.8) is 0 Å². The number of aromatic nitrogens is 2. The number of pyridine rings is 2. The summed E-state index contributed by atoms with van der Waals surface area (Å²) in [6.07, 6.45) is 9.05. The van der Waals surface area contributed by atoms with E-state index in [0.717, 1.165) is 35.0 Å². The van der Waals surface area contributed by atoms with E-state index in [0.29, 0.717) is 11.3 Å². The van der Waals surface area contributed by atoms with Crippen LogP contribution >= 0.6 is 0 Å². The SMILES string of the molecule is Oc1ccc(F)cc1-c1ccccn1.[2H]C1(c2ccc3c(-c4[c-]c(C)cc(C)c4)nccc3c2C)CCCCC1.[Ir]. The van der Waals surface area contributed by atoms with Crippen molar-refractivity contribution >= 4 is 10.8 Å². The van der Waals surface area contributed by atoms with Crippen molar-refractivity contribution in [1.82, 2.24) is 9.97 Å². The topological polar surface area (TPSA) is 46.0 Å². The Morgan fingerprint density at radius 3 is 2.40 bits per heavy atom. The number of aromatic hydroxyl groups is 1. The first-order chi connectivity index (χ1) is 19.2. The monoisotopic (exact) mass is 711 g/mol. The van der Waals surface area contributed by atoms with Crippen molar-refractivity contribution in [2.45, 2.75) is 58.8 Å². The van der Waals surface area contributed by atoms with Crippen LogP contribution in [0.1, 0.15) is 61.6 Å². The Kier molecular flexibility index (Phi) is 9.36. The molecule has 5 aromatic rings. The zero-order chi connectivity index (χ0) is 28.3. The largest absolute Gasteiger partial charge is 0.507 e. The van der Waals surface area contributed by atoms with Crippen molar-refractivity contribution < 1.29 is 31.0 Å². The molecule has 2 aromatic heterocycles. The van der Waals surface area contributed by atoms with Gasteiger partial charge in [0.15, 0.2) is 0 Å². The van der Waals surface area contributed by atoms with Crippen LogP contribution in [0.15, 0.2) is 79.1 Å². The van der Waals surface area contributed by atoms with Gasteiger partial charge in [-0.15, -0.1) is 34.9 Å². The molecule has 3 aromatic carbocycles. The van der Waals surface area contributed by atoms with E-state index in [1.807, 2.05) is 6.20 Å². The molecular weight excluding hydrogens is 676 g/mol. The van der Waals surface area contributed by atoms with E-state index >= 15 is 0 Å². The van der Waals surface area contributed by atoms with Crippen LogP contribution in [0, 0.1) is 32.7 Å². The predicted molar refractivity (Wildman–Crippen MR) is 157 cm³/mol. The molecule has 0 amide bonds. The molecule has 1 aliphatic rings. The maximum Gasteiger partial charge on any atom is 0.125 e. The minimum atomic E-state index is -0.425. The normalized spacial score (nSPS) is 14.4. The minimum absolute atomic E-state index is 0. The Hall–Kier alpha value is -3.40. The summed E-state index contributed by atoms with van der Waals surface area (Å²) in [4.78, 5) is 8.71. The second-order valence-corrected chi connectivity index (χ2v) is 10.3. The maximum atomic E-state index is 12.9. The van der Waals surface area contributed by atoms with E-state index in [-0.39, 0.29) is 31.7 Å². The molecule has 3 nitrogen and oxygen atoms in total. The third-order valence-corrected chi connectivity index (χ3v) is 7.36. The van der Waals surface area contributed by atoms with Gasteiger partial charge in [-0.2, -0.15) is 0 Å². The van der Waals surface area contributed by atoms with Crippen molar-refractivity contribution in [3.05, 3.63) is 113 Å². The molecule has 207 valence electrons. The number of hydrogen-bond acceptors (Lipinski definition) is 3.